The number of nitriles is 2. The van der Waals surface area contributed by atoms with E-state index in [0.717, 1.165) is 72.1 Å². The lowest BCUT2D eigenvalue weighted by atomic mass is 10.0. The number of aromatic nitrogens is 3. The van der Waals surface area contributed by atoms with Gasteiger partial charge in [-0.05, 0) is 90.0 Å². The van der Waals surface area contributed by atoms with Gasteiger partial charge in [0.1, 0.15) is 6.07 Å². The zero-order valence-electron chi connectivity index (χ0n) is 29.5. The highest BCUT2D eigenvalue weighted by atomic mass is 15.0. The molecule has 55 heavy (non-hydrogen) atoms. The van der Waals surface area contributed by atoms with Crippen LogP contribution in [0.15, 0.2) is 176 Å². The highest BCUT2D eigenvalue weighted by Gasteiger charge is 2.19. The van der Waals surface area contributed by atoms with Gasteiger partial charge in [0, 0.05) is 43.7 Å². The molecule has 5 nitrogen and oxygen atoms in total. The van der Waals surface area contributed by atoms with Crippen molar-refractivity contribution in [3.05, 3.63) is 187 Å². The fraction of sp³-hybridized carbons (Fsp3) is 0. The van der Waals surface area contributed by atoms with Crippen LogP contribution in [0, 0.1) is 22.7 Å². The molecule has 5 heteroatoms. The van der Waals surface area contributed by atoms with Gasteiger partial charge in [-0.25, -0.2) is 0 Å². The van der Waals surface area contributed by atoms with Gasteiger partial charge in [0.15, 0.2) is 0 Å². The Labute approximate surface area is 316 Å². The van der Waals surface area contributed by atoms with Gasteiger partial charge in [0.25, 0.3) is 0 Å². The first-order valence-corrected chi connectivity index (χ1v) is 18.3. The molecule has 0 bridgehead atoms. The van der Waals surface area contributed by atoms with Crippen LogP contribution < -0.4 is 0 Å². The molecule has 0 spiro atoms. The lowest BCUT2D eigenvalue weighted by Crippen LogP contribution is -2.00. The van der Waals surface area contributed by atoms with Gasteiger partial charge in [-0.3, -0.25) is 0 Å². The molecule has 0 radical (unpaired) electrons. The SMILES string of the molecule is N#Cc1ccc2c(c1)c1ccc(-n3c4ccccc4c4ccccc43)cc1n2-c1ccc(-c2cccc(-n3c4ccccc4c4ccccc43)c2)cc1C#N. The molecule has 0 aliphatic heterocycles. The molecule has 0 N–H and O–H groups in total. The molecule has 0 saturated carbocycles. The highest BCUT2D eigenvalue weighted by molar-refractivity contribution is 6.13. The van der Waals surface area contributed by atoms with E-state index in [9.17, 15) is 10.5 Å². The zero-order chi connectivity index (χ0) is 36.6. The molecule has 11 rings (SSSR count). The van der Waals surface area contributed by atoms with Crippen molar-refractivity contribution in [1.29, 1.82) is 10.5 Å². The normalized spacial score (nSPS) is 11.6. The molecule has 0 aliphatic carbocycles. The maximum atomic E-state index is 10.8. The predicted octanol–water partition coefficient (Wildman–Crippen LogP) is 12.4. The van der Waals surface area contributed by atoms with Gasteiger partial charge >= 0.3 is 0 Å². The van der Waals surface area contributed by atoms with E-state index in [1.807, 2.05) is 24.3 Å². The van der Waals surface area contributed by atoms with E-state index in [4.69, 9.17) is 0 Å². The summed E-state index contributed by atoms with van der Waals surface area (Å²) in [6.07, 6.45) is 0. The maximum Gasteiger partial charge on any atom is 0.101 e. The van der Waals surface area contributed by atoms with Crippen molar-refractivity contribution >= 4 is 65.4 Å². The van der Waals surface area contributed by atoms with Crippen molar-refractivity contribution in [1.82, 2.24) is 13.7 Å². The van der Waals surface area contributed by atoms with E-state index in [1.165, 1.54) is 21.5 Å². The van der Waals surface area contributed by atoms with Crippen molar-refractivity contribution in [3.63, 3.8) is 0 Å². The number of fused-ring (bicyclic) bond motifs is 9. The average Bonchev–Trinajstić information content (AvgIpc) is 3.88. The van der Waals surface area contributed by atoms with Crippen LogP contribution in [-0.2, 0) is 0 Å². The van der Waals surface area contributed by atoms with Gasteiger partial charge in [0.05, 0.1) is 56.0 Å². The lowest BCUT2D eigenvalue weighted by molar-refractivity contribution is 1.15. The molecule has 11 aromatic rings. The van der Waals surface area contributed by atoms with Crippen LogP contribution in [0.1, 0.15) is 11.1 Å². The van der Waals surface area contributed by atoms with E-state index in [-0.39, 0.29) is 0 Å². The minimum absolute atomic E-state index is 0.560. The third-order valence-electron chi connectivity index (χ3n) is 11.1. The number of nitrogens with zero attached hydrogens (tertiary/aromatic N) is 5. The largest absolute Gasteiger partial charge is 0.309 e. The second kappa shape index (κ2) is 11.8. The van der Waals surface area contributed by atoms with Crippen LogP contribution in [-0.4, -0.2) is 13.7 Å². The Bertz CT molecular complexity index is 3360. The summed E-state index contributed by atoms with van der Waals surface area (Å²) in [4.78, 5) is 0. The van der Waals surface area contributed by atoms with Crippen molar-refractivity contribution < 1.29 is 0 Å². The third-order valence-corrected chi connectivity index (χ3v) is 11.1. The quantitative estimate of drug-likeness (QED) is 0.184. The number of rotatable bonds is 4. The molecular weight excluding hydrogens is 671 g/mol. The maximum absolute atomic E-state index is 10.8. The van der Waals surface area contributed by atoms with Crippen molar-refractivity contribution in [2.24, 2.45) is 0 Å². The molecule has 0 unspecified atom stereocenters. The monoisotopic (exact) mass is 699 g/mol. The number of hydrogen-bond acceptors (Lipinski definition) is 2. The molecule has 0 saturated heterocycles. The lowest BCUT2D eigenvalue weighted by Gasteiger charge is -2.14. The summed E-state index contributed by atoms with van der Waals surface area (Å²) >= 11 is 0. The second-order valence-corrected chi connectivity index (χ2v) is 14.0. The van der Waals surface area contributed by atoms with Crippen LogP contribution in [0.3, 0.4) is 0 Å². The first kappa shape index (κ1) is 30.7. The fourth-order valence-electron chi connectivity index (χ4n) is 8.70. The molecule has 254 valence electrons. The summed E-state index contributed by atoms with van der Waals surface area (Å²) < 4.78 is 6.81. The smallest absolute Gasteiger partial charge is 0.101 e. The van der Waals surface area contributed by atoms with Crippen LogP contribution in [0.25, 0.3) is 93.6 Å². The summed E-state index contributed by atoms with van der Waals surface area (Å²) in [5, 5.41) is 27.5. The predicted molar refractivity (Wildman–Crippen MR) is 224 cm³/mol. The number of hydrogen-bond donors (Lipinski definition) is 0. The summed E-state index contributed by atoms with van der Waals surface area (Å²) in [5.74, 6) is 0. The minimum atomic E-state index is 0.560. The van der Waals surface area contributed by atoms with Crippen LogP contribution in [0.4, 0.5) is 0 Å². The Morgan fingerprint density at radius 1 is 0.327 bits per heavy atom. The molecular formula is C50H29N5. The topological polar surface area (TPSA) is 62.4 Å². The van der Waals surface area contributed by atoms with Crippen molar-refractivity contribution in [3.8, 4) is 40.3 Å². The molecule has 0 fully saturated rings. The Morgan fingerprint density at radius 2 is 0.855 bits per heavy atom. The standard InChI is InChI=1S/C50H29N5/c51-30-32-20-24-49-43(26-32)42-23-22-37(54-47-18-7-3-14-40(47)41-15-4-8-19-48(41)54)29-50(42)55(49)44-25-21-34(27-35(44)31-52)33-10-9-11-36(28-33)53-45-16-5-1-12-38(45)39-13-2-6-17-46(39)53/h1-29H. The second-order valence-electron chi connectivity index (χ2n) is 14.0. The molecule has 0 amide bonds. The van der Waals surface area contributed by atoms with Crippen LogP contribution in [0.2, 0.25) is 0 Å². The van der Waals surface area contributed by atoms with Crippen LogP contribution in [0.5, 0.6) is 0 Å². The first-order chi connectivity index (χ1) is 27.2. The Balaban J connectivity index is 1.11. The van der Waals surface area contributed by atoms with E-state index in [1.54, 1.807) is 0 Å². The van der Waals surface area contributed by atoms with Gasteiger partial charge < -0.3 is 13.7 Å². The van der Waals surface area contributed by atoms with Crippen molar-refractivity contribution in [2.75, 3.05) is 0 Å². The van der Waals surface area contributed by atoms with Gasteiger partial charge in [0.2, 0.25) is 0 Å². The van der Waals surface area contributed by atoms with E-state index < -0.39 is 0 Å². The molecule has 3 heterocycles. The van der Waals surface area contributed by atoms with E-state index in [0.29, 0.717) is 11.1 Å². The number of para-hydroxylation sites is 4. The Kier molecular flexibility index (Phi) is 6.61. The van der Waals surface area contributed by atoms with Gasteiger partial charge in [-0.15, -0.1) is 0 Å². The Morgan fingerprint density at radius 3 is 1.44 bits per heavy atom. The fourth-order valence-corrected chi connectivity index (χ4v) is 8.70. The molecule has 0 aliphatic rings. The minimum Gasteiger partial charge on any atom is -0.309 e. The summed E-state index contributed by atoms with van der Waals surface area (Å²) in [7, 11) is 0. The first-order valence-electron chi connectivity index (χ1n) is 18.3. The van der Waals surface area contributed by atoms with E-state index >= 15 is 0 Å². The molecule has 8 aromatic carbocycles. The molecule has 3 aromatic heterocycles. The van der Waals surface area contributed by atoms with Gasteiger partial charge in [-0.1, -0.05) is 97.1 Å². The highest BCUT2D eigenvalue weighted by Crippen LogP contribution is 2.39. The average molecular weight is 700 g/mol. The Hall–Kier alpha value is -7.86. The third kappa shape index (κ3) is 4.51. The number of benzene rings is 8. The summed E-state index contributed by atoms with van der Waals surface area (Å²) in [6, 6.07) is 65.9. The summed E-state index contributed by atoms with van der Waals surface area (Å²) in [5.41, 5.74) is 12.5. The zero-order valence-corrected chi connectivity index (χ0v) is 29.5. The molecule has 0 atom stereocenters. The van der Waals surface area contributed by atoms with Gasteiger partial charge in [-0.2, -0.15) is 10.5 Å². The summed E-state index contributed by atoms with van der Waals surface area (Å²) in [6.45, 7) is 0. The van der Waals surface area contributed by atoms with E-state index in [2.05, 4.69) is 177 Å². The van der Waals surface area contributed by atoms with Crippen LogP contribution >= 0.6 is 0 Å². The van der Waals surface area contributed by atoms with Crippen molar-refractivity contribution in [2.45, 2.75) is 0 Å².